The maximum absolute atomic E-state index is 13.5. The smallest absolute Gasteiger partial charge is 0.347 e. The number of amides is 6. The van der Waals surface area contributed by atoms with Gasteiger partial charge in [-0.3, -0.25) is 38.6 Å². The Hall–Kier alpha value is -4.33. The normalized spacial score (nSPS) is 18.7. The van der Waals surface area contributed by atoms with E-state index < -0.39 is 81.1 Å². The fourth-order valence-electron chi connectivity index (χ4n) is 5.45. The van der Waals surface area contributed by atoms with Crippen molar-refractivity contribution in [3.8, 4) is 0 Å². The Bertz CT molecular complexity index is 1490. The van der Waals surface area contributed by atoms with Gasteiger partial charge in [0.2, 0.25) is 23.6 Å². The molecule has 0 aromatic heterocycles. The molecule has 1 saturated carbocycles. The number of imide groups is 1. The summed E-state index contributed by atoms with van der Waals surface area (Å²) in [5.74, 6) is -5.17. The highest BCUT2D eigenvalue weighted by Gasteiger charge is 2.50. The summed E-state index contributed by atoms with van der Waals surface area (Å²) in [6.07, 6.45) is 2.62. The number of rotatable bonds is 11. The zero-order chi connectivity index (χ0) is 37.3. The Morgan fingerprint density at radius 1 is 0.653 bits per heavy atom. The molecule has 3 rings (SSSR count). The van der Waals surface area contributed by atoms with Crippen molar-refractivity contribution in [2.45, 2.75) is 136 Å². The van der Waals surface area contributed by atoms with Gasteiger partial charge in [0.05, 0.1) is 17.0 Å². The number of carbonyl (C=O) groups is 7. The third-order valence-electron chi connectivity index (χ3n) is 8.65. The van der Waals surface area contributed by atoms with Gasteiger partial charge in [-0.15, -0.1) is 0 Å². The van der Waals surface area contributed by atoms with Crippen LogP contribution in [0, 0.1) is 5.92 Å². The summed E-state index contributed by atoms with van der Waals surface area (Å²) in [5.41, 5.74) is -6.61. The third kappa shape index (κ3) is 8.83. The highest BCUT2D eigenvalue weighted by molar-refractivity contribution is 6.23. The predicted molar refractivity (Wildman–Crippen MR) is 179 cm³/mol. The number of nitrogens with zero attached hydrogens (tertiary/aromatic N) is 1. The molecule has 0 bridgehead atoms. The molecule has 0 unspecified atom stereocenters. The van der Waals surface area contributed by atoms with Gasteiger partial charge in [0.15, 0.2) is 0 Å². The van der Waals surface area contributed by atoms with Gasteiger partial charge in [-0.1, -0.05) is 25.0 Å². The Morgan fingerprint density at radius 3 is 1.55 bits per heavy atom. The fourth-order valence-corrected chi connectivity index (χ4v) is 5.45. The fraction of sp³-hybridized carbons (Fsp3) is 0.629. The van der Waals surface area contributed by atoms with Crippen LogP contribution in [-0.2, 0) is 33.7 Å². The number of hydrogen-bond acceptors (Lipinski definition) is 9. The summed E-state index contributed by atoms with van der Waals surface area (Å²) in [6.45, 7) is 16.8. The van der Waals surface area contributed by atoms with E-state index in [1.165, 1.54) is 67.5 Å². The molecule has 2 aliphatic rings. The van der Waals surface area contributed by atoms with Crippen LogP contribution in [0.2, 0.25) is 0 Å². The van der Waals surface area contributed by atoms with Crippen molar-refractivity contribution in [3.63, 3.8) is 0 Å². The molecule has 2 atom stereocenters. The van der Waals surface area contributed by atoms with Crippen molar-refractivity contribution in [2.24, 2.45) is 5.92 Å². The summed E-state index contributed by atoms with van der Waals surface area (Å²) in [5, 5.41) is 10.8. The lowest BCUT2D eigenvalue weighted by atomic mass is 9.84. The first-order chi connectivity index (χ1) is 22.3. The van der Waals surface area contributed by atoms with Crippen LogP contribution in [0.4, 0.5) is 0 Å². The van der Waals surface area contributed by atoms with Crippen LogP contribution in [-0.4, -0.2) is 80.1 Å². The molecule has 6 amide bonds. The van der Waals surface area contributed by atoms with Gasteiger partial charge >= 0.3 is 5.97 Å². The van der Waals surface area contributed by atoms with Gasteiger partial charge in [-0.2, -0.15) is 4.89 Å². The first-order valence-corrected chi connectivity index (χ1v) is 16.5. The summed E-state index contributed by atoms with van der Waals surface area (Å²) >= 11 is 0. The number of fused-ring (bicyclic) bond motifs is 1. The van der Waals surface area contributed by atoms with E-state index in [0.717, 1.165) is 17.7 Å². The van der Waals surface area contributed by atoms with Crippen molar-refractivity contribution in [2.75, 3.05) is 0 Å². The summed E-state index contributed by atoms with van der Waals surface area (Å²) in [7, 11) is 0. The molecule has 0 saturated heterocycles. The van der Waals surface area contributed by atoms with Crippen molar-refractivity contribution in [1.82, 2.24) is 26.2 Å². The Kier molecular flexibility index (Phi) is 11.1. The van der Waals surface area contributed by atoms with Crippen LogP contribution >= 0.6 is 0 Å². The minimum absolute atomic E-state index is 0.182. The molecule has 0 spiro atoms. The average Bonchev–Trinajstić information content (AvgIpc) is 3.25. The molecular formula is C35H51N5O9. The number of nitrogens with one attached hydrogen (secondary N) is 4. The second-order valence-electron chi connectivity index (χ2n) is 15.9. The summed E-state index contributed by atoms with van der Waals surface area (Å²) < 4.78 is 0. The minimum atomic E-state index is -1.66. The molecule has 14 nitrogen and oxygen atoms in total. The van der Waals surface area contributed by atoms with E-state index in [0.29, 0.717) is 12.8 Å². The molecular weight excluding hydrogens is 634 g/mol. The molecule has 1 aliphatic heterocycles. The Balaban J connectivity index is 1.63. The molecule has 4 N–H and O–H groups in total. The molecule has 1 fully saturated rings. The lowest BCUT2D eigenvalue weighted by molar-refractivity contribution is -0.324. The van der Waals surface area contributed by atoms with E-state index in [1.807, 2.05) is 0 Å². The maximum Gasteiger partial charge on any atom is 0.347 e. The van der Waals surface area contributed by atoms with E-state index in [2.05, 4.69) is 21.3 Å². The minimum Gasteiger partial charge on any atom is -0.350 e. The SMILES string of the molecule is CC(C)(C)OOC(=O)[C@H]1CCCC[C@@H]1NC(=O)C(C)(C)NC(=O)C(C)(C)NC(=O)C(C)(C)NC(=O)C(C)(C)N1C(=O)c2ccccc2C1=O. The molecule has 1 aliphatic carbocycles. The highest BCUT2D eigenvalue weighted by atomic mass is 17.2. The van der Waals surface area contributed by atoms with Gasteiger partial charge in [-0.05, 0) is 101 Å². The lowest BCUT2D eigenvalue weighted by Crippen LogP contribution is -2.68. The van der Waals surface area contributed by atoms with Crippen LogP contribution in [0.25, 0.3) is 0 Å². The van der Waals surface area contributed by atoms with Gasteiger partial charge in [-0.25, -0.2) is 4.79 Å². The zero-order valence-corrected chi connectivity index (χ0v) is 30.4. The lowest BCUT2D eigenvalue weighted by Gasteiger charge is -2.38. The number of hydrogen-bond donors (Lipinski definition) is 4. The van der Waals surface area contributed by atoms with E-state index in [-0.39, 0.29) is 11.1 Å². The van der Waals surface area contributed by atoms with Crippen LogP contribution in [0.3, 0.4) is 0 Å². The molecule has 1 aromatic carbocycles. The van der Waals surface area contributed by atoms with Gasteiger partial charge < -0.3 is 21.3 Å². The van der Waals surface area contributed by atoms with Gasteiger partial charge in [0.1, 0.15) is 27.8 Å². The average molecular weight is 686 g/mol. The third-order valence-corrected chi connectivity index (χ3v) is 8.65. The van der Waals surface area contributed by atoms with E-state index in [4.69, 9.17) is 9.78 Å². The van der Waals surface area contributed by atoms with Crippen molar-refractivity contribution in [1.29, 1.82) is 0 Å². The highest BCUT2D eigenvalue weighted by Crippen LogP contribution is 2.30. The quantitative estimate of drug-likeness (QED) is 0.154. The van der Waals surface area contributed by atoms with Crippen molar-refractivity contribution in [3.05, 3.63) is 35.4 Å². The molecule has 14 heteroatoms. The van der Waals surface area contributed by atoms with Crippen LogP contribution < -0.4 is 21.3 Å². The van der Waals surface area contributed by atoms with Crippen LogP contribution in [0.15, 0.2) is 24.3 Å². The van der Waals surface area contributed by atoms with Crippen LogP contribution in [0.5, 0.6) is 0 Å². The number of benzene rings is 1. The molecule has 1 aromatic rings. The second kappa shape index (κ2) is 13.9. The first kappa shape index (κ1) is 39.1. The predicted octanol–water partition coefficient (Wildman–Crippen LogP) is 2.69. The monoisotopic (exact) mass is 685 g/mol. The molecule has 1 heterocycles. The summed E-state index contributed by atoms with van der Waals surface area (Å²) in [4.78, 5) is 104. The topological polar surface area (TPSA) is 189 Å². The van der Waals surface area contributed by atoms with Crippen molar-refractivity contribution < 1.29 is 43.3 Å². The van der Waals surface area contributed by atoms with E-state index in [9.17, 15) is 33.6 Å². The Morgan fingerprint density at radius 2 is 1.08 bits per heavy atom. The van der Waals surface area contributed by atoms with Gasteiger partial charge in [0, 0.05) is 6.04 Å². The van der Waals surface area contributed by atoms with Gasteiger partial charge in [0.25, 0.3) is 11.8 Å². The van der Waals surface area contributed by atoms with Crippen LogP contribution in [0.1, 0.15) is 123 Å². The molecule has 49 heavy (non-hydrogen) atoms. The summed E-state index contributed by atoms with van der Waals surface area (Å²) in [6, 6.07) is 5.72. The van der Waals surface area contributed by atoms with Crippen molar-refractivity contribution >= 4 is 41.4 Å². The van der Waals surface area contributed by atoms with E-state index >= 15 is 0 Å². The second-order valence-corrected chi connectivity index (χ2v) is 15.9. The standard InChI is InChI=1S/C35H51N5O9/c1-31(2,3)49-48-26(43)22-18-14-15-19-23(22)36-27(44)32(4,5)37-28(45)33(6,7)38-29(46)34(8,9)39-30(47)35(10,11)40-24(41)20-16-12-13-17-21(20)25(40)42/h12-13,16-17,22-23H,14-15,18-19H2,1-11H3,(H,36,44)(H,37,45)(H,38,46)(H,39,47)/t22-,23-/m0/s1. The van der Waals surface area contributed by atoms with E-state index in [1.54, 1.807) is 32.9 Å². The molecule has 0 radical (unpaired) electrons. The largest absolute Gasteiger partial charge is 0.350 e. The first-order valence-electron chi connectivity index (χ1n) is 16.5. The zero-order valence-electron chi connectivity index (χ0n) is 30.4. The molecule has 270 valence electrons. The maximum atomic E-state index is 13.5. The Labute approximate surface area is 287 Å². The number of carbonyl (C=O) groups excluding carboxylic acids is 7.